The molecule has 5 heteroatoms. The second kappa shape index (κ2) is 7.07. The van der Waals surface area contributed by atoms with Crippen LogP contribution in [-0.4, -0.2) is 42.6 Å². The molecule has 0 aromatic heterocycles. The molecule has 0 unspecified atom stereocenters. The molecule has 1 aliphatic rings. The van der Waals surface area contributed by atoms with Crippen LogP contribution in [0.15, 0.2) is 24.3 Å². The first-order chi connectivity index (χ1) is 9.54. The van der Waals surface area contributed by atoms with Gasteiger partial charge in [0.05, 0.1) is 18.8 Å². The lowest BCUT2D eigenvalue weighted by molar-refractivity contribution is -0.126. The van der Waals surface area contributed by atoms with Crippen molar-refractivity contribution in [1.82, 2.24) is 10.2 Å². The number of hydrogen-bond acceptors (Lipinski definition) is 3. The average molecular weight is 297 g/mol. The Morgan fingerprint density at radius 1 is 1.35 bits per heavy atom. The van der Waals surface area contributed by atoms with Crippen molar-refractivity contribution in [3.05, 3.63) is 34.9 Å². The van der Waals surface area contributed by atoms with E-state index in [2.05, 4.69) is 10.2 Å². The molecule has 1 aliphatic heterocycles. The van der Waals surface area contributed by atoms with E-state index >= 15 is 0 Å². The molecular weight excluding hydrogens is 276 g/mol. The van der Waals surface area contributed by atoms with Crippen molar-refractivity contribution >= 4 is 17.5 Å². The Balaban J connectivity index is 1.79. The number of nitrogens with zero attached hydrogens (tertiary/aromatic N) is 1. The summed E-state index contributed by atoms with van der Waals surface area (Å²) in [5, 5.41) is 3.59. The van der Waals surface area contributed by atoms with Gasteiger partial charge >= 0.3 is 0 Å². The summed E-state index contributed by atoms with van der Waals surface area (Å²) >= 11 is 6.06. The summed E-state index contributed by atoms with van der Waals surface area (Å²) in [6.45, 7) is 6.53. The number of rotatable bonds is 4. The van der Waals surface area contributed by atoms with Crippen LogP contribution in [0.5, 0.6) is 0 Å². The smallest absolute Gasteiger partial charge is 0.234 e. The van der Waals surface area contributed by atoms with Gasteiger partial charge in [0.25, 0.3) is 0 Å². The van der Waals surface area contributed by atoms with Crippen LogP contribution in [0.3, 0.4) is 0 Å². The van der Waals surface area contributed by atoms with Crippen molar-refractivity contribution in [2.45, 2.75) is 32.6 Å². The van der Waals surface area contributed by atoms with Crippen LogP contribution in [0.2, 0.25) is 5.02 Å². The second-order valence-electron chi connectivity index (χ2n) is 5.32. The first kappa shape index (κ1) is 15.3. The number of ether oxygens (including phenoxy) is 1. The lowest BCUT2D eigenvalue weighted by atomic mass is 10.2. The van der Waals surface area contributed by atoms with Gasteiger partial charge in [-0.3, -0.25) is 9.69 Å². The summed E-state index contributed by atoms with van der Waals surface area (Å²) in [4.78, 5) is 14.1. The van der Waals surface area contributed by atoms with Crippen LogP contribution in [0, 0.1) is 0 Å². The molecule has 0 bridgehead atoms. The topological polar surface area (TPSA) is 41.6 Å². The standard InChI is InChI=1S/C15H21ClN2O2/c1-11-8-18(9-12(2)20-11)10-15(19)17-7-13-5-3-4-6-14(13)16/h3-6,11-12H,7-10H2,1-2H3,(H,17,19)/t11-,12-/m1/s1. The predicted octanol–water partition coefficient (Wildman–Crippen LogP) is 2.07. The van der Waals surface area contributed by atoms with E-state index < -0.39 is 0 Å². The highest BCUT2D eigenvalue weighted by atomic mass is 35.5. The van der Waals surface area contributed by atoms with Crippen LogP contribution in [0.1, 0.15) is 19.4 Å². The van der Waals surface area contributed by atoms with Crippen molar-refractivity contribution in [3.63, 3.8) is 0 Å². The molecule has 110 valence electrons. The molecule has 1 saturated heterocycles. The number of nitrogens with one attached hydrogen (secondary N) is 1. The molecule has 0 radical (unpaired) electrons. The van der Waals surface area contributed by atoms with Crippen molar-refractivity contribution in [1.29, 1.82) is 0 Å². The van der Waals surface area contributed by atoms with E-state index in [1.165, 1.54) is 0 Å². The number of amides is 1. The van der Waals surface area contributed by atoms with Gasteiger partial charge in [-0.1, -0.05) is 29.8 Å². The third-order valence-electron chi connectivity index (χ3n) is 3.30. The van der Waals surface area contributed by atoms with Gasteiger partial charge < -0.3 is 10.1 Å². The third kappa shape index (κ3) is 4.47. The number of morpholine rings is 1. The van der Waals surface area contributed by atoms with Gasteiger partial charge in [-0.15, -0.1) is 0 Å². The highest BCUT2D eigenvalue weighted by molar-refractivity contribution is 6.31. The van der Waals surface area contributed by atoms with Gasteiger partial charge in [0.1, 0.15) is 0 Å². The number of halogens is 1. The Morgan fingerprint density at radius 2 is 2.00 bits per heavy atom. The van der Waals surface area contributed by atoms with Gasteiger partial charge in [-0.2, -0.15) is 0 Å². The molecule has 0 aliphatic carbocycles. The van der Waals surface area contributed by atoms with Crippen LogP contribution in [0.4, 0.5) is 0 Å². The molecule has 1 N–H and O–H groups in total. The zero-order valence-corrected chi connectivity index (χ0v) is 12.7. The molecule has 20 heavy (non-hydrogen) atoms. The minimum absolute atomic E-state index is 0.0196. The maximum absolute atomic E-state index is 12.0. The number of benzene rings is 1. The van der Waals surface area contributed by atoms with Gasteiger partial charge in [-0.05, 0) is 25.5 Å². The van der Waals surface area contributed by atoms with Crippen LogP contribution >= 0.6 is 11.6 Å². The largest absolute Gasteiger partial charge is 0.373 e. The Hall–Kier alpha value is -1.10. The van der Waals surface area contributed by atoms with Gasteiger partial charge in [-0.25, -0.2) is 0 Å². The van der Waals surface area contributed by atoms with Crippen LogP contribution in [0.25, 0.3) is 0 Å². The molecule has 2 rings (SSSR count). The van der Waals surface area contributed by atoms with Gasteiger partial charge in [0.2, 0.25) is 5.91 Å². The highest BCUT2D eigenvalue weighted by Gasteiger charge is 2.23. The molecular formula is C15H21ClN2O2. The Kier molecular flexibility index (Phi) is 5.40. The number of hydrogen-bond donors (Lipinski definition) is 1. The monoisotopic (exact) mass is 296 g/mol. The minimum Gasteiger partial charge on any atom is -0.373 e. The lowest BCUT2D eigenvalue weighted by Gasteiger charge is -2.34. The fraction of sp³-hybridized carbons (Fsp3) is 0.533. The third-order valence-corrected chi connectivity index (χ3v) is 3.67. The fourth-order valence-corrected chi connectivity index (χ4v) is 2.71. The molecule has 0 saturated carbocycles. The summed E-state index contributed by atoms with van der Waals surface area (Å²) in [5.41, 5.74) is 0.936. The summed E-state index contributed by atoms with van der Waals surface area (Å²) in [6.07, 6.45) is 0.352. The maximum Gasteiger partial charge on any atom is 0.234 e. The number of carbonyl (C=O) groups is 1. The predicted molar refractivity (Wildman–Crippen MR) is 79.7 cm³/mol. The summed E-state index contributed by atoms with van der Waals surface area (Å²) in [6, 6.07) is 7.54. The summed E-state index contributed by atoms with van der Waals surface area (Å²) < 4.78 is 5.65. The fourth-order valence-electron chi connectivity index (χ4n) is 2.51. The van der Waals surface area contributed by atoms with E-state index in [4.69, 9.17) is 16.3 Å². The lowest BCUT2D eigenvalue weighted by Crippen LogP contribution is -2.49. The van der Waals surface area contributed by atoms with Gasteiger partial charge in [0, 0.05) is 24.7 Å². The maximum atomic E-state index is 12.0. The first-order valence-electron chi connectivity index (χ1n) is 6.92. The van der Waals surface area contributed by atoms with E-state index in [1.807, 2.05) is 38.1 Å². The molecule has 2 atom stereocenters. The van der Waals surface area contributed by atoms with Crippen molar-refractivity contribution in [2.75, 3.05) is 19.6 Å². The van der Waals surface area contributed by atoms with Crippen molar-refractivity contribution in [2.24, 2.45) is 0 Å². The first-order valence-corrected chi connectivity index (χ1v) is 7.30. The Bertz CT molecular complexity index is 457. The van der Waals surface area contributed by atoms with Gasteiger partial charge in [0.15, 0.2) is 0 Å². The van der Waals surface area contributed by atoms with E-state index in [-0.39, 0.29) is 18.1 Å². The molecule has 1 aromatic carbocycles. The van der Waals surface area contributed by atoms with E-state index in [0.29, 0.717) is 18.1 Å². The summed E-state index contributed by atoms with van der Waals surface area (Å²) in [7, 11) is 0. The van der Waals surface area contributed by atoms with E-state index in [0.717, 1.165) is 18.7 Å². The van der Waals surface area contributed by atoms with Crippen molar-refractivity contribution < 1.29 is 9.53 Å². The van der Waals surface area contributed by atoms with Crippen LogP contribution in [-0.2, 0) is 16.1 Å². The quantitative estimate of drug-likeness (QED) is 0.925. The molecule has 1 amide bonds. The van der Waals surface area contributed by atoms with E-state index in [1.54, 1.807) is 0 Å². The minimum atomic E-state index is 0.0196. The zero-order valence-electron chi connectivity index (χ0n) is 11.9. The normalized spacial score (nSPS) is 23.6. The molecule has 1 fully saturated rings. The highest BCUT2D eigenvalue weighted by Crippen LogP contribution is 2.14. The SMILES string of the molecule is C[C@@H]1CN(CC(=O)NCc2ccccc2Cl)C[C@@H](C)O1. The molecule has 1 aromatic rings. The Labute approximate surface area is 125 Å². The zero-order chi connectivity index (χ0) is 14.5. The molecule has 4 nitrogen and oxygen atoms in total. The van der Waals surface area contributed by atoms with Crippen LogP contribution < -0.4 is 5.32 Å². The molecule has 0 spiro atoms. The average Bonchev–Trinajstić information content (AvgIpc) is 2.36. The second-order valence-corrected chi connectivity index (χ2v) is 5.73. The van der Waals surface area contributed by atoms with E-state index in [9.17, 15) is 4.79 Å². The number of carbonyl (C=O) groups excluding carboxylic acids is 1. The Morgan fingerprint density at radius 3 is 2.65 bits per heavy atom. The van der Waals surface area contributed by atoms with Crippen molar-refractivity contribution in [3.8, 4) is 0 Å². The summed E-state index contributed by atoms with van der Waals surface area (Å²) in [5.74, 6) is 0.0196. The molecule has 1 heterocycles.